The lowest BCUT2D eigenvalue weighted by atomic mass is 9.66. The van der Waals surface area contributed by atoms with Crippen LogP contribution in [0.3, 0.4) is 0 Å². The molecule has 3 aromatic heterocycles. The molecule has 10 heteroatoms. The molecular weight excluding hydrogens is 476 g/mol. The number of anilines is 1. The number of hydrogen-bond acceptors (Lipinski definition) is 7. The van der Waals surface area contributed by atoms with E-state index >= 15 is 0 Å². The average molecular weight is 500 g/mol. The number of halogens is 2. The van der Waals surface area contributed by atoms with Gasteiger partial charge in [-0.2, -0.15) is 5.10 Å². The lowest BCUT2D eigenvalue weighted by molar-refractivity contribution is -0.114. The van der Waals surface area contributed by atoms with Crippen molar-refractivity contribution in [3.63, 3.8) is 0 Å². The summed E-state index contributed by atoms with van der Waals surface area (Å²) in [5, 5.41) is 11.4. The Hall–Kier alpha value is -4.21. The molecule has 0 unspecified atom stereocenters. The fraction of sp³-hybridized carbons (Fsp3) is 0.296. The highest BCUT2D eigenvalue weighted by atomic mass is 19.1. The highest BCUT2D eigenvalue weighted by Gasteiger charge is 2.65. The lowest BCUT2D eigenvalue weighted by Gasteiger charge is -2.37. The first-order valence-electron chi connectivity index (χ1n) is 12.0. The molecule has 1 amide bonds. The maximum Gasteiger partial charge on any atom is 0.229 e. The molecule has 1 saturated carbocycles. The summed E-state index contributed by atoms with van der Waals surface area (Å²) >= 11 is 0. The number of fused-ring (bicyclic) bond motifs is 5. The van der Waals surface area contributed by atoms with Gasteiger partial charge in [0.1, 0.15) is 11.6 Å². The van der Waals surface area contributed by atoms with Crippen LogP contribution in [0.15, 0.2) is 48.9 Å². The van der Waals surface area contributed by atoms with Crippen molar-refractivity contribution in [1.82, 2.24) is 30.1 Å². The van der Waals surface area contributed by atoms with Gasteiger partial charge in [0.2, 0.25) is 11.9 Å². The van der Waals surface area contributed by atoms with Crippen LogP contribution in [-0.4, -0.2) is 36.0 Å². The van der Waals surface area contributed by atoms with Gasteiger partial charge in [-0.15, -0.1) is 5.10 Å². The van der Waals surface area contributed by atoms with Gasteiger partial charge in [-0.1, -0.05) is 19.9 Å². The summed E-state index contributed by atoms with van der Waals surface area (Å²) in [7, 11) is 0. The first-order valence-corrected chi connectivity index (χ1v) is 12.0. The first kappa shape index (κ1) is 23.2. The topological polar surface area (TPSA) is 106 Å². The summed E-state index contributed by atoms with van der Waals surface area (Å²) in [4.78, 5) is 29.0. The summed E-state index contributed by atoms with van der Waals surface area (Å²) in [6.07, 6.45) is 6.53. The van der Waals surface area contributed by atoms with E-state index in [-0.39, 0.29) is 34.4 Å². The van der Waals surface area contributed by atoms with E-state index in [1.165, 1.54) is 25.1 Å². The molecule has 37 heavy (non-hydrogen) atoms. The Kier molecular flexibility index (Phi) is 5.11. The molecule has 6 rings (SSSR count). The minimum atomic E-state index is -0.668. The van der Waals surface area contributed by atoms with E-state index < -0.39 is 17.0 Å². The molecule has 0 saturated heterocycles. The Morgan fingerprint density at radius 2 is 1.78 bits per heavy atom. The number of benzene rings is 1. The first-order chi connectivity index (χ1) is 17.7. The highest BCUT2D eigenvalue weighted by Crippen LogP contribution is 2.69. The average Bonchev–Trinajstić information content (AvgIpc) is 3.25. The zero-order valence-electron chi connectivity index (χ0n) is 20.5. The van der Waals surface area contributed by atoms with Crippen molar-refractivity contribution < 1.29 is 13.6 Å². The maximum absolute atomic E-state index is 14.5. The summed E-state index contributed by atoms with van der Waals surface area (Å²) in [6, 6.07) is 7.45. The van der Waals surface area contributed by atoms with Crippen molar-refractivity contribution in [2.75, 3.05) is 5.32 Å². The third kappa shape index (κ3) is 3.35. The second kappa shape index (κ2) is 8.16. The molecule has 186 valence electrons. The Labute approximate surface area is 211 Å². The van der Waals surface area contributed by atoms with Gasteiger partial charge in [-0.3, -0.25) is 10.1 Å². The van der Waals surface area contributed by atoms with Gasteiger partial charge in [0.25, 0.3) is 0 Å². The van der Waals surface area contributed by atoms with Crippen molar-refractivity contribution >= 4 is 11.9 Å². The fourth-order valence-corrected chi connectivity index (χ4v) is 6.16. The Morgan fingerprint density at radius 1 is 1.05 bits per heavy atom. The van der Waals surface area contributed by atoms with E-state index in [4.69, 9.17) is 4.98 Å². The highest BCUT2D eigenvalue weighted by molar-refractivity contribution is 5.86. The van der Waals surface area contributed by atoms with E-state index in [0.29, 0.717) is 11.4 Å². The zero-order valence-corrected chi connectivity index (χ0v) is 20.5. The number of rotatable bonds is 4. The van der Waals surface area contributed by atoms with Crippen LogP contribution < -0.4 is 5.32 Å². The van der Waals surface area contributed by atoms with E-state index in [2.05, 4.69) is 44.3 Å². The van der Waals surface area contributed by atoms with Gasteiger partial charge >= 0.3 is 0 Å². The van der Waals surface area contributed by atoms with Crippen molar-refractivity contribution in [3.05, 3.63) is 77.5 Å². The van der Waals surface area contributed by atoms with Gasteiger partial charge in [0.15, 0.2) is 5.82 Å². The number of aromatic nitrogens is 6. The second-order valence-electron chi connectivity index (χ2n) is 10.1. The number of nitrogens with zero attached hydrogens (tertiary/aromatic N) is 6. The monoisotopic (exact) mass is 499 g/mol. The van der Waals surface area contributed by atoms with Gasteiger partial charge in [0, 0.05) is 25.5 Å². The molecule has 0 aliphatic heterocycles. The van der Waals surface area contributed by atoms with Crippen LogP contribution in [0.1, 0.15) is 56.5 Å². The normalized spacial score (nSPS) is 21.1. The Morgan fingerprint density at radius 3 is 2.49 bits per heavy atom. The van der Waals surface area contributed by atoms with Crippen molar-refractivity contribution in [3.8, 4) is 22.6 Å². The predicted molar refractivity (Wildman–Crippen MR) is 131 cm³/mol. The van der Waals surface area contributed by atoms with E-state index in [1.54, 1.807) is 24.7 Å². The van der Waals surface area contributed by atoms with Crippen LogP contribution in [0.2, 0.25) is 0 Å². The largest absolute Gasteiger partial charge is 0.295 e. The molecule has 8 nitrogen and oxygen atoms in total. The van der Waals surface area contributed by atoms with Gasteiger partial charge in [0.05, 0.1) is 33.6 Å². The molecule has 4 aromatic rings. The molecule has 0 radical (unpaired) electrons. The zero-order chi connectivity index (χ0) is 25.9. The van der Waals surface area contributed by atoms with Gasteiger partial charge < -0.3 is 0 Å². The summed E-state index contributed by atoms with van der Waals surface area (Å²) < 4.78 is 29.0. The van der Waals surface area contributed by atoms with Crippen molar-refractivity contribution in [2.24, 2.45) is 5.41 Å². The number of amides is 1. The molecule has 2 atom stereocenters. The van der Waals surface area contributed by atoms with Crippen molar-refractivity contribution in [1.29, 1.82) is 0 Å². The molecule has 2 aliphatic rings. The van der Waals surface area contributed by atoms with E-state index in [0.717, 1.165) is 29.8 Å². The molecule has 0 spiro atoms. The molecule has 3 heterocycles. The van der Waals surface area contributed by atoms with E-state index in [9.17, 15) is 13.6 Å². The quantitative estimate of drug-likeness (QED) is 0.429. The van der Waals surface area contributed by atoms with Crippen LogP contribution in [0.5, 0.6) is 0 Å². The lowest BCUT2D eigenvalue weighted by Crippen LogP contribution is -2.38. The van der Waals surface area contributed by atoms with Gasteiger partial charge in [-0.05, 0) is 54.0 Å². The molecule has 2 aliphatic carbocycles. The number of carbonyl (C=O) groups excluding carboxylic acids is 1. The summed E-state index contributed by atoms with van der Waals surface area (Å²) in [5.74, 6) is -0.813. The molecule has 2 bridgehead atoms. The van der Waals surface area contributed by atoms with Crippen LogP contribution >= 0.6 is 0 Å². The smallest absolute Gasteiger partial charge is 0.229 e. The predicted octanol–water partition coefficient (Wildman–Crippen LogP) is 4.83. The summed E-state index contributed by atoms with van der Waals surface area (Å²) in [5.41, 5.74) is 2.35. The number of carbonyl (C=O) groups is 1. The van der Waals surface area contributed by atoms with Crippen LogP contribution in [0.25, 0.3) is 22.6 Å². The number of nitrogens with one attached hydrogen (secondary N) is 1. The maximum atomic E-state index is 14.5. The molecule has 1 fully saturated rings. The molecule has 1 aromatic carbocycles. The van der Waals surface area contributed by atoms with E-state index in [1.807, 2.05) is 6.07 Å². The van der Waals surface area contributed by atoms with Crippen molar-refractivity contribution in [2.45, 2.75) is 44.9 Å². The van der Waals surface area contributed by atoms with Crippen LogP contribution in [0.4, 0.5) is 14.7 Å². The van der Waals surface area contributed by atoms with Crippen LogP contribution in [-0.2, 0) is 10.2 Å². The minimum Gasteiger partial charge on any atom is -0.295 e. The Balaban J connectivity index is 1.45. The van der Waals surface area contributed by atoms with Gasteiger partial charge in [-0.25, -0.2) is 28.7 Å². The molecule has 1 N–H and O–H groups in total. The fourth-order valence-electron chi connectivity index (χ4n) is 6.16. The number of hydrogen-bond donors (Lipinski definition) is 1. The third-order valence-electron chi connectivity index (χ3n) is 7.89. The second-order valence-corrected chi connectivity index (χ2v) is 10.1. The Bertz CT molecular complexity index is 1540. The minimum absolute atomic E-state index is 0.130. The SMILES string of the molecule is CC(=O)Nc1ncc(-c2nccc([C@@]34CC[C@@H](c5cc(-c6c(F)cccc6F)nnc53)C4(C)C)n2)cn1. The summed E-state index contributed by atoms with van der Waals surface area (Å²) in [6.45, 7) is 5.75. The third-order valence-corrected chi connectivity index (χ3v) is 7.89. The standard InChI is InChI=1S/C27H23F2N7O/c1-14(37)33-25-31-12-15(13-32-25)24-30-10-8-21(34-24)27-9-7-17(26(27,2)3)16-11-20(35-36-23(16)27)22-18(28)5-4-6-19(22)29/h4-6,8,10-13,17H,7,9H2,1-3H3,(H,31,32,33,37)/t17-,27-/m0/s1. The molecular formula is C27H23F2N7O. The van der Waals surface area contributed by atoms with Crippen LogP contribution in [0, 0.1) is 17.0 Å².